The second kappa shape index (κ2) is 13.6. The van der Waals surface area contributed by atoms with Gasteiger partial charge in [-0.1, -0.05) is 13.8 Å². The van der Waals surface area contributed by atoms with E-state index in [1.807, 2.05) is 18.1 Å². The first-order chi connectivity index (χ1) is 12.2. The Morgan fingerprint density at radius 3 is 2.81 bits per heavy atom. The van der Waals surface area contributed by atoms with Crippen molar-refractivity contribution < 1.29 is 0 Å². The van der Waals surface area contributed by atoms with Crippen molar-refractivity contribution in [1.82, 2.24) is 25.4 Å². The average Bonchev–Trinajstić information content (AvgIpc) is 3.08. The highest BCUT2D eigenvalue weighted by atomic mass is 127. The molecule has 0 amide bonds. The lowest BCUT2D eigenvalue weighted by Crippen LogP contribution is -2.45. The second-order valence-corrected chi connectivity index (χ2v) is 7.88. The first-order valence-electron chi connectivity index (χ1n) is 9.63. The van der Waals surface area contributed by atoms with Crippen LogP contribution in [0.15, 0.2) is 11.3 Å². The summed E-state index contributed by atoms with van der Waals surface area (Å²) in [5.41, 5.74) is 0. The number of halogens is 1. The fourth-order valence-corrected chi connectivity index (χ4v) is 3.60. The van der Waals surface area contributed by atoms with Gasteiger partial charge in [-0.15, -0.1) is 34.2 Å². The first-order valence-corrected chi connectivity index (χ1v) is 11.0. The fraction of sp³-hybridized carbons (Fsp3) is 0.833. The van der Waals surface area contributed by atoms with Crippen molar-refractivity contribution >= 4 is 41.7 Å². The molecule has 1 fully saturated rings. The molecule has 1 saturated carbocycles. The molecule has 0 atom stereocenters. The molecule has 8 heteroatoms. The molecular weight excluding hydrogens is 459 g/mol. The summed E-state index contributed by atoms with van der Waals surface area (Å²) in [6.07, 6.45) is 11.1. The van der Waals surface area contributed by atoms with Gasteiger partial charge in [0.2, 0.25) is 0 Å². The summed E-state index contributed by atoms with van der Waals surface area (Å²) in [6.45, 7) is 7.05. The Kier molecular flexibility index (Phi) is 12.3. The van der Waals surface area contributed by atoms with Crippen molar-refractivity contribution in [3.63, 3.8) is 0 Å². The molecular formula is C18H35IN6S. The molecule has 0 saturated heterocycles. The van der Waals surface area contributed by atoms with Gasteiger partial charge in [0, 0.05) is 32.1 Å². The van der Waals surface area contributed by atoms with Gasteiger partial charge in [-0.05, 0) is 50.0 Å². The van der Waals surface area contributed by atoms with Crippen LogP contribution in [0.3, 0.4) is 0 Å². The van der Waals surface area contributed by atoms with Crippen LogP contribution in [0.1, 0.15) is 51.8 Å². The minimum absolute atomic E-state index is 0. The molecule has 0 aromatic carbocycles. The molecule has 1 heterocycles. The van der Waals surface area contributed by atoms with Crippen LogP contribution in [0.2, 0.25) is 0 Å². The second-order valence-electron chi connectivity index (χ2n) is 6.90. The molecule has 150 valence electrons. The highest BCUT2D eigenvalue weighted by Crippen LogP contribution is 2.23. The number of thioether (sulfide) groups is 1. The molecule has 6 nitrogen and oxygen atoms in total. The largest absolute Gasteiger partial charge is 0.355 e. The molecule has 0 radical (unpaired) electrons. The normalized spacial score (nSPS) is 20.5. The van der Waals surface area contributed by atoms with Crippen molar-refractivity contribution in [2.24, 2.45) is 10.9 Å². The Morgan fingerprint density at radius 2 is 2.12 bits per heavy atom. The van der Waals surface area contributed by atoms with Gasteiger partial charge in [-0.25, -0.2) is 0 Å². The number of aryl methyl sites for hydroxylation is 1. The van der Waals surface area contributed by atoms with E-state index in [2.05, 4.69) is 45.5 Å². The Labute approximate surface area is 179 Å². The molecule has 1 aromatic rings. The monoisotopic (exact) mass is 494 g/mol. The number of rotatable bonds is 9. The molecule has 0 bridgehead atoms. The van der Waals surface area contributed by atoms with E-state index in [1.165, 1.54) is 25.7 Å². The smallest absolute Gasteiger partial charge is 0.191 e. The van der Waals surface area contributed by atoms with Gasteiger partial charge in [-0.3, -0.25) is 4.99 Å². The molecule has 2 N–H and O–H groups in total. The van der Waals surface area contributed by atoms with Crippen molar-refractivity contribution in [3.8, 4) is 0 Å². The summed E-state index contributed by atoms with van der Waals surface area (Å²) in [5, 5.41) is 15.3. The lowest BCUT2D eigenvalue weighted by atomic mass is 9.87. The fourth-order valence-electron chi connectivity index (χ4n) is 3.18. The number of nitrogens with zero attached hydrogens (tertiary/aromatic N) is 4. The average molecular weight is 494 g/mol. The molecule has 0 aliphatic heterocycles. The standard InChI is InChI=1S/C18H34N6S.HI/c1-4-17-23-21-14-24(17)12-11-20-18(19-10-5-13-25-3)22-16-8-6-15(2)7-9-16;/h14-16H,4-13H2,1-3H3,(H2,19,20,22);1H. The molecule has 2 rings (SSSR count). The van der Waals surface area contributed by atoms with Gasteiger partial charge in [0.1, 0.15) is 12.2 Å². The number of aliphatic imine (C=N–C) groups is 1. The van der Waals surface area contributed by atoms with Gasteiger partial charge in [0.25, 0.3) is 0 Å². The number of guanidine groups is 1. The van der Waals surface area contributed by atoms with E-state index in [9.17, 15) is 0 Å². The predicted molar refractivity (Wildman–Crippen MR) is 123 cm³/mol. The summed E-state index contributed by atoms with van der Waals surface area (Å²) in [4.78, 5) is 4.78. The van der Waals surface area contributed by atoms with Crippen LogP contribution in [0.5, 0.6) is 0 Å². The minimum atomic E-state index is 0. The zero-order valence-corrected chi connectivity index (χ0v) is 19.6. The molecule has 0 unspecified atom stereocenters. The third kappa shape index (κ3) is 8.45. The van der Waals surface area contributed by atoms with E-state index < -0.39 is 0 Å². The van der Waals surface area contributed by atoms with Crippen LogP contribution >= 0.6 is 35.7 Å². The van der Waals surface area contributed by atoms with Gasteiger partial charge < -0.3 is 15.2 Å². The quantitative estimate of drug-likeness (QED) is 0.239. The van der Waals surface area contributed by atoms with Crippen LogP contribution < -0.4 is 10.6 Å². The van der Waals surface area contributed by atoms with E-state index in [1.54, 1.807) is 0 Å². The maximum Gasteiger partial charge on any atom is 0.191 e. The molecule has 0 spiro atoms. The lowest BCUT2D eigenvalue weighted by Gasteiger charge is -2.28. The predicted octanol–water partition coefficient (Wildman–Crippen LogP) is 3.33. The van der Waals surface area contributed by atoms with E-state index >= 15 is 0 Å². The number of hydrogen-bond donors (Lipinski definition) is 2. The third-order valence-electron chi connectivity index (χ3n) is 4.79. The van der Waals surface area contributed by atoms with E-state index in [-0.39, 0.29) is 24.0 Å². The number of hydrogen-bond acceptors (Lipinski definition) is 4. The van der Waals surface area contributed by atoms with E-state index in [0.717, 1.165) is 55.9 Å². The number of aromatic nitrogens is 3. The Morgan fingerprint density at radius 1 is 1.35 bits per heavy atom. The van der Waals surface area contributed by atoms with Gasteiger partial charge in [0.05, 0.1) is 0 Å². The van der Waals surface area contributed by atoms with Gasteiger partial charge >= 0.3 is 0 Å². The minimum Gasteiger partial charge on any atom is -0.355 e. The summed E-state index contributed by atoms with van der Waals surface area (Å²) in [7, 11) is 0. The zero-order valence-electron chi connectivity index (χ0n) is 16.4. The molecule has 1 aromatic heterocycles. The highest BCUT2D eigenvalue weighted by molar-refractivity contribution is 14.0. The van der Waals surface area contributed by atoms with E-state index in [0.29, 0.717) is 6.04 Å². The SMILES string of the molecule is CCc1nncn1CCNC(=NCCCSC)NC1CCC(C)CC1.I. The van der Waals surface area contributed by atoms with Crippen molar-refractivity contribution in [2.75, 3.05) is 25.1 Å². The van der Waals surface area contributed by atoms with Crippen LogP contribution in [-0.4, -0.2) is 51.9 Å². The maximum atomic E-state index is 4.78. The van der Waals surface area contributed by atoms with Crippen LogP contribution in [-0.2, 0) is 13.0 Å². The summed E-state index contributed by atoms with van der Waals surface area (Å²) < 4.78 is 2.11. The summed E-state index contributed by atoms with van der Waals surface area (Å²) in [5.74, 6) is 4.04. The van der Waals surface area contributed by atoms with Gasteiger partial charge in [-0.2, -0.15) is 11.8 Å². The Balaban J connectivity index is 0.00000338. The van der Waals surface area contributed by atoms with Crippen molar-refractivity contribution in [3.05, 3.63) is 12.2 Å². The number of nitrogens with one attached hydrogen (secondary N) is 2. The first kappa shape index (κ1) is 23.5. The van der Waals surface area contributed by atoms with Crippen LogP contribution in [0.4, 0.5) is 0 Å². The van der Waals surface area contributed by atoms with E-state index in [4.69, 9.17) is 4.99 Å². The maximum absolute atomic E-state index is 4.78. The van der Waals surface area contributed by atoms with Crippen LogP contribution in [0.25, 0.3) is 0 Å². The topological polar surface area (TPSA) is 67.1 Å². The molecule has 1 aliphatic rings. The van der Waals surface area contributed by atoms with Gasteiger partial charge in [0.15, 0.2) is 5.96 Å². The van der Waals surface area contributed by atoms with Crippen molar-refractivity contribution in [2.45, 2.75) is 65.0 Å². The lowest BCUT2D eigenvalue weighted by molar-refractivity contribution is 0.329. The third-order valence-corrected chi connectivity index (χ3v) is 5.49. The molecule has 26 heavy (non-hydrogen) atoms. The molecule has 1 aliphatic carbocycles. The highest BCUT2D eigenvalue weighted by Gasteiger charge is 2.18. The van der Waals surface area contributed by atoms with Crippen LogP contribution in [0, 0.1) is 5.92 Å². The Bertz CT molecular complexity index is 514. The Hall–Kier alpha value is -0.510. The summed E-state index contributed by atoms with van der Waals surface area (Å²) >= 11 is 1.88. The zero-order chi connectivity index (χ0) is 17.9. The van der Waals surface area contributed by atoms with Crippen molar-refractivity contribution in [1.29, 1.82) is 0 Å². The summed E-state index contributed by atoms with van der Waals surface area (Å²) in [6, 6.07) is 0.559.